The number of hydrogen-bond acceptors (Lipinski definition) is 4. The number of piperidine rings is 1. The zero-order valence-corrected chi connectivity index (χ0v) is 15.4. The summed E-state index contributed by atoms with van der Waals surface area (Å²) in [6.45, 7) is 11.0. The van der Waals surface area contributed by atoms with E-state index in [9.17, 15) is 4.79 Å². The summed E-state index contributed by atoms with van der Waals surface area (Å²) in [6, 6.07) is 2.67. The number of rotatable bonds is 3. The van der Waals surface area contributed by atoms with Gasteiger partial charge in [0.2, 0.25) is 0 Å². The van der Waals surface area contributed by atoms with E-state index in [0.29, 0.717) is 6.04 Å². The van der Waals surface area contributed by atoms with Crippen LogP contribution in [0.2, 0.25) is 0 Å². The third-order valence-corrected chi connectivity index (χ3v) is 6.34. The van der Waals surface area contributed by atoms with Crippen LogP contribution >= 0.6 is 11.3 Å². The van der Waals surface area contributed by atoms with Gasteiger partial charge in [0.1, 0.15) is 0 Å². The number of piperazine rings is 1. The number of likely N-dealkylation sites (tertiary alicyclic amines) is 1. The monoisotopic (exact) mass is 335 g/mol. The zero-order chi connectivity index (χ0) is 16.4. The molecule has 3 heterocycles. The average molecular weight is 336 g/mol. The second-order valence-corrected chi connectivity index (χ2v) is 8.24. The van der Waals surface area contributed by atoms with Gasteiger partial charge < -0.3 is 9.80 Å². The molecule has 128 valence electrons. The molecule has 1 aromatic rings. The van der Waals surface area contributed by atoms with Crippen LogP contribution in [0.1, 0.15) is 35.0 Å². The molecule has 3 rings (SSSR count). The average Bonchev–Trinajstić information content (AvgIpc) is 2.97. The van der Waals surface area contributed by atoms with E-state index >= 15 is 0 Å². The summed E-state index contributed by atoms with van der Waals surface area (Å²) in [7, 11) is 2.21. The first-order valence-corrected chi connectivity index (χ1v) is 9.68. The van der Waals surface area contributed by atoms with Gasteiger partial charge in [0.25, 0.3) is 5.91 Å². The normalized spacial score (nSPS) is 25.0. The highest BCUT2D eigenvalue weighted by Crippen LogP contribution is 2.23. The van der Waals surface area contributed by atoms with Crippen molar-refractivity contribution in [2.24, 2.45) is 5.92 Å². The lowest BCUT2D eigenvalue weighted by molar-refractivity contribution is 0.0559. The summed E-state index contributed by atoms with van der Waals surface area (Å²) in [5.41, 5.74) is 1.19. The summed E-state index contributed by atoms with van der Waals surface area (Å²) >= 11 is 1.58. The molecule has 2 aliphatic rings. The Balaban J connectivity index is 1.48. The number of nitrogens with zero attached hydrogens (tertiary/aromatic N) is 3. The Morgan fingerprint density at radius 1 is 1.26 bits per heavy atom. The van der Waals surface area contributed by atoms with Crippen LogP contribution in [0.4, 0.5) is 0 Å². The minimum Gasteiger partial charge on any atom is -0.338 e. The number of carbonyl (C=O) groups is 1. The highest BCUT2D eigenvalue weighted by molar-refractivity contribution is 7.12. The fourth-order valence-corrected chi connectivity index (χ4v) is 4.66. The Bertz CT molecular complexity index is 536. The lowest BCUT2D eigenvalue weighted by Gasteiger charge is -2.41. The van der Waals surface area contributed by atoms with E-state index in [1.54, 1.807) is 11.3 Å². The summed E-state index contributed by atoms with van der Waals surface area (Å²) in [4.78, 5) is 20.5. The molecule has 0 N–H and O–H groups in total. The minimum atomic E-state index is 0.231. The highest BCUT2D eigenvalue weighted by Gasteiger charge is 2.28. The second kappa shape index (κ2) is 7.32. The molecule has 2 saturated heterocycles. The number of hydrogen-bond donors (Lipinski definition) is 0. The SMILES string of the molecule is Cc1csc(C(=O)N2CCC(CN3CCN(C)C[C@H]3C)CC2)c1. The van der Waals surface area contributed by atoms with E-state index in [2.05, 4.69) is 41.0 Å². The molecule has 4 nitrogen and oxygen atoms in total. The van der Waals surface area contributed by atoms with Gasteiger partial charge in [-0.25, -0.2) is 0 Å². The molecular formula is C18H29N3OS. The van der Waals surface area contributed by atoms with Crippen molar-refractivity contribution in [3.8, 4) is 0 Å². The molecule has 5 heteroatoms. The fraction of sp³-hybridized carbons (Fsp3) is 0.722. The molecule has 0 radical (unpaired) electrons. The van der Waals surface area contributed by atoms with Crippen molar-refractivity contribution in [3.63, 3.8) is 0 Å². The molecule has 0 unspecified atom stereocenters. The summed E-state index contributed by atoms with van der Waals surface area (Å²) in [5.74, 6) is 0.976. The fourth-order valence-electron chi connectivity index (χ4n) is 3.80. The Labute approximate surface area is 144 Å². The molecule has 2 aliphatic heterocycles. The van der Waals surface area contributed by atoms with Gasteiger partial charge in [0, 0.05) is 45.3 Å². The smallest absolute Gasteiger partial charge is 0.263 e. The standard InChI is InChI=1S/C18H29N3OS/c1-14-10-17(23-13-14)18(22)20-6-4-16(5-7-20)12-21-9-8-19(3)11-15(21)2/h10,13,15-16H,4-9,11-12H2,1-3H3/t15-/m1/s1. The topological polar surface area (TPSA) is 26.8 Å². The van der Waals surface area contributed by atoms with E-state index in [-0.39, 0.29) is 5.91 Å². The predicted molar refractivity (Wildman–Crippen MR) is 96.2 cm³/mol. The van der Waals surface area contributed by atoms with Crippen LogP contribution in [0.3, 0.4) is 0 Å². The van der Waals surface area contributed by atoms with E-state index in [0.717, 1.165) is 36.7 Å². The van der Waals surface area contributed by atoms with Crippen LogP contribution in [0.5, 0.6) is 0 Å². The molecule has 23 heavy (non-hydrogen) atoms. The van der Waals surface area contributed by atoms with E-state index in [4.69, 9.17) is 0 Å². The molecule has 0 saturated carbocycles. The maximum Gasteiger partial charge on any atom is 0.263 e. The Morgan fingerprint density at radius 3 is 2.61 bits per heavy atom. The zero-order valence-electron chi connectivity index (χ0n) is 14.6. The van der Waals surface area contributed by atoms with Crippen LogP contribution in [-0.4, -0.2) is 73.0 Å². The van der Waals surface area contributed by atoms with Gasteiger partial charge in [0.15, 0.2) is 0 Å². The molecule has 0 spiro atoms. The first kappa shape index (κ1) is 16.9. The highest BCUT2D eigenvalue weighted by atomic mass is 32.1. The van der Waals surface area contributed by atoms with Crippen LogP contribution in [0.25, 0.3) is 0 Å². The first-order valence-electron chi connectivity index (χ1n) is 8.80. The number of likely N-dealkylation sites (N-methyl/N-ethyl adjacent to an activating group) is 1. The van der Waals surface area contributed by atoms with Crippen molar-refractivity contribution < 1.29 is 4.79 Å². The quantitative estimate of drug-likeness (QED) is 0.849. The van der Waals surface area contributed by atoms with E-state index in [1.165, 1.54) is 31.7 Å². The number of thiophene rings is 1. The van der Waals surface area contributed by atoms with Gasteiger partial charge >= 0.3 is 0 Å². The van der Waals surface area contributed by atoms with Gasteiger partial charge in [-0.3, -0.25) is 9.69 Å². The molecule has 2 fully saturated rings. The molecule has 0 aliphatic carbocycles. The van der Waals surface area contributed by atoms with Gasteiger partial charge in [-0.1, -0.05) is 0 Å². The third kappa shape index (κ3) is 4.14. The van der Waals surface area contributed by atoms with Gasteiger partial charge in [-0.15, -0.1) is 11.3 Å². The van der Waals surface area contributed by atoms with Crippen molar-refractivity contribution in [2.45, 2.75) is 32.7 Å². The van der Waals surface area contributed by atoms with E-state index < -0.39 is 0 Å². The maximum absolute atomic E-state index is 12.5. The molecule has 0 aromatic carbocycles. The van der Waals surface area contributed by atoms with Crippen LogP contribution in [0.15, 0.2) is 11.4 Å². The predicted octanol–water partition coefficient (Wildman–Crippen LogP) is 2.54. The number of carbonyl (C=O) groups excluding carboxylic acids is 1. The maximum atomic E-state index is 12.5. The molecular weight excluding hydrogens is 306 g/mol. The Kier molecular flexibility index (Phi) is 5.39. The Hall–Kier alpha value is -0.910. The second-order valence-electron chi connectivity index (χ2n) is 7.33. The molecule has 1 aromatic heterocycles. The lowest BCUT2D eigenvalue weighted by Crippen LogP contribution is -2.52. The summed E-state index contributed by atoms with van der Waals surface area (Å²) < 4.78 is 0. The van der Waals surface area contributed by atoms with Crippen molar-refractivity contribution in [3.05, 3.63) is 21.9 Å². The van der Waals surface area contributed by atoms with Gasteiger partial charge in [-0.05, 0) is 56.7 Å². The molecule has 1 amide bonds. The largest absolute Gasteiger partial charge is 0.338 e. The third-order valence-electron chi connectivity index (χ3n) is 5.30. The number of aryl methyl sites for hydroxylation is 1. The lowest BCUT2D eigenvalue weighted by atomic mass is 9.95. The van der Waals surface area contributed by atoms with Crippen molar-refractivity contribution in [1.82, 2.24) is 14.7 Å². The van der Waals surface area contributed by atoms with Crippen molar-refractivity contribution in [2.75, 3.05) is 46.3 Å². The van der Waals surface area contributed by atoms with Crippen LogP contribution in [-0.2, 0) is 0 Å². The Morgan fingerprint density at radius 2 is 2.00 bits per heavy atom. The van der Waals surface area contributed by atoms with Gasteiger partial charge in [0.05, 0.1) is 4.88 Å². The summed E-state index contributed by atoms with van der Waals surface area (Å²) in [5, 5.41) is 2.06. The van der Waals surface area contributed by atoms with Crippen molar-refractivity contribution in [1.29, 1.82) is 0 Å². The van der Waals surface area contributed by atoms with Crippen LogP contribution < -0.4 is 0 Å². The van der Waals surface area contributed by atoms with Crippen LogP contribution in [0, 0.1) is 12.8 Å². The van der Waals surface area contributed by atoms with Gasteiger partial charge in [-0.2, -0.15) is 0 Å². The minimum absolute atomic E-state index is 0.231. The number of amides is 1. The van der Waals surface area contributed by atoms with Crippen molar-refractivity contribution >= 4 is 17.2 Å². The molecule has 0 bridgehead atoms. The first-order chi connectivity index (χ1) is 11.0. The van der Waals surface area contributed by atoms with E-state index in [1.807, 2.05) is 6.07 Å². The summed E-state index contributed by atoms with van der Waals surface area (Å²) in [6.07, 6.45) is 2.30. The molecule has 1 atom stereocenters.